The summed E-state index contributed by atoms with van der Waals surface area (Å²) in [5, 5.41) is 10.3. The first-order valence-corrected chi connectivity index (χ1v) is 6.93. The van der Waals surface area contributed by atoms with Gasteiger partial charge in [-0.2, -0.15) is 0 Å². The van der Waals surface area contributed by atoms with Gasteiger partial charge in [-0.15, -0.1) is 0 Å². The zero-order chi connectivity index (χ0) is 13.5. The molecule has 4 rings (SSSR count). The van der Waals surface area contributed by atoms with Crippen LogP contribution in [0.25, 0.3) is 0 Å². The van der Waals surface area contributed by atoms with Crippen molar-refractivity contribution < 1.29 is 14.6 Å². The summed E-state index contributed by atoms with van der Waals surface area (Å²) in [4.78, 5) is 0. The van der Waals surface area contributed by atoms with Crippen molar-refractivity contribution in [2.24, 2.45) is 0 Å². The molecule has 0 aromatic heterocycles. The minimum Gasteiger partial charge on any atom is -0.387 e. The molecule has 0 aliphatic carbocycles. The van der Waals surface area contributed by atoms with E-state index in [0.29, 0.717) is 0 Å². The Morgan fingerprint density at radius 3 is 1.50 bits per heavy atom. The Hall–Kier alpha value is -1.68. The molecule has 20 heavy (non-hydrogen) atoms. The molecule has 0 amide bonds. The summed E-state index contributed by atoms with van der Waals surface area (Å²) in [6.45, 7) is 0. The van der Waals surface area contributed by atoms with Gasteiger partial charge in [0, 0.05) is 0 Å². The van der Waals surface area contributed by atoms with Crippen LogP contribution in [0.1, 0.15) is 23.3 Å². The zero-order valence-corrected chi connectivity index (χ0v) is 10.9. The molecule has 2 heterocycles. The molecule has 4 unspecified atom stereocenters. The van der Waals surface area contributed by atoms with Gasteiger partial charge in [0.2, 0.25) is 0 Å². The summed E-state index contributed by atoms with van der Waals surface area (Å²) < 4.78 is 11.2. The highest BCUT2D eigenvalue weighted by molar-refractivity contribution is 5.26. The van der Waals surface area contributed by atoms with Crippen LogP contribution in [0, 0.1) is 0 Å². The van der Waals surface area contributed by atoms with Crippen molar-refractivity contribution in [2.45, 2.75) is 30.5 Å². The summed E-state index contributed by atoms with van der Waals surface area (Å²) in [6.07, 6.45) is -0.837. The smallest absolute Gasteiger partial charge is 0.117 e. The molecule has 2 aliphatic rings. The number of hydrogen-bond donors (Lipinski definition) is 1. The number of benzene rings is 2. The van der Waals surface area contributed by atoms with Gasteiger partial charge in [-0.1, -0.05) is 60.7 Å². The highest BCUT2D eigenvalue weighted by Gasteiger charge is 2.56. The Balaban J connectivity index is 1.40. The fraction of sp³-hybridized carbons (Fsp3) is 0.294. The van der Waals surface area contributed by atoms with E-state index in [9.17, 15) is 5.11 Å². The van der Waals surface area contributed by atoms with Gasteiger partial charge in [0.15, 0.2) is 0 Å². The largest absolute Gasteiger partial charge is 0.387 e. The summed E-state index contributed by atoms with van der Waals surface area (Å²) >= 11 is 0. The summed E-state index contributed by atoms with van der Waals surface area (Å²) in [5.41, 5.74) is 2.24. The van der Waals surface area contributed by atoms with Crippen LogP contribution in [0.15, 0.2) is 60.7 Å². The predicted molar refractivity (Wildman–Crippen MR) is 74.1 cm³/mol. The summed E-state index contributed by atoms with van der Waals surface area (Å²) in [6, 6.07) is 20.0. The van der Waals surface area contributed by atoms with Gasteiger partial charge in [-0.3, -0.25) is 0 Å². The lowest BCUT2D eigenvalue weighted by atomic mass is 10.0. The second-order valence-corrected chi connectivity index (χ2v) is 5.35. The number of epoxide rings is 2. The maximum absolute atomic E-state index is 10.3. The normalized spacial score (nSPS) is 32.6. The van der Waals surface area contributed by atoms with E-state index in [1.54, 1.807) is 0 Å². The molecular weight excluding hydrogens is 252 g/mol. The molecule has 102 valence electrons. The maximum atomic E-state index is 10.3. The molecule has 2 aromatic rings. The van der Waals surface area contributed by atoms with Crippen LogP contribution >= 0.6 is 0 Å². The maximum Gasteiger partial charge on any atom is 0.117 e. The fourth-order valence-electron chi connectivity index (χ4n) is 2.78. The van der Waals surface area contributed by atoms with Crippen molar-refractivity contribution in [2.75, 3.05) is 0 Å². The molecule has 0 radical (unpaired) electrons. The quantitative estimate of drug-likeness (QED) is 0.867. The third-order valence-electron chi connectivity index (χ3n) is 3.98. The molecule has 1 N–H and O–H groups in total. The van der Waals surface area contributed by atoms with Crippen molar-refractivity contribution in [1.82, 2.24) is 0 Å². The molecule has 3 nitrogen and oxygen atoms in total. The van der Waals surface area contributed by atoms with E-state index >= 15 is 0 Å². The van der Waals surface area contributed by atoms with Gasteiger partial charge in [-0.05, 0) is 11.1 Å². The molecular formula is C17H16O3. The topological polar surface area (TPSA) is 45.3 Å². The van der Waals surface area contributed by atoms with Crippen LogP contribution in [0.4, 0.5) is 0 Å². The van der Waals surface area contributed by atoms with Gasteiger partial charge in [0.05, 0.1) is 0 Å². The van der Waals surface area contributed by atoms with E-state index in [1.807, 2.05) is 60.7 Å². The Morgan fingerprint density at radius 2 is 1.10 bits per heavy atom. The van der Waals surface area contributed by atoms with Crippen molar-refractivity contribution in [3.05, 3.63) is 71.8 Å². The molecule has 3 heteroatoms. The minimum absolute atomic E-state index is 0.00632. The van der Waals surface area contributed by atoms with E-state index in [-0.39, 0.29) is 24.4 Å². The van der Waals surface area contributed by atoms with E-state index < -0.39 is 6.10 Å². The summed E-state index contributed by atoms with van der Waals surface area (Å²) in [5.74, 6) is 0. The van der Waals surface area contributed by atoms with Crippen LogP contribution in [0.2, 0.25) is 0 Å². The second-order valence-electron chi connectivity index (χ2n) is 5.35. The predicted octanol–water partition coefficient (Wildman–Crippen LogP) is 2.63. The first-order chi connectivity index (χ1) is 9.84. The van der Waals surface area contributed by atoms with E-state index in [0.717, 1.165) is 11.1 Å². The number of ether oxygens (including phenoxy) is 2. The Kier molecular flexibility index (Phi) is 2.84. The number of aliphatic hydroxyl groups is 1. The first kappa shape index (κ1) is 12.1. The monoisotopic (exact) mass is 268 g/mol. The molecule has 0 bridgehead atoms. The zero-order valence-electron chi connectivity index (χ0n) is 10.9. The van der Waals surface area contributed by atoms with Gasteiger partial charge in [0.25, 0.3) is 0 Å². The van der Waals surface area contributed by atoms with Crippen molar-refractivity contribution in [3.63, 3.8) is 0 Å². The number of hydrogen-bond acceptors (Lipinski definition) is 3. The minimum atomic E-state index is -0.564. The Morgan fingerprint density at radius 1 is 0.700 bits per heavy atom. The lowest BCUT2D eigenvalue weighted by Gasteiger charge is -2.03. The third kappa shape index (κ3) is 2.14. The lowest BCUT2D eigenvalue weighted by molar-refractivity contribution is 0.103. The fourth-order valence-corrected chi connectivity index (χ4v) is 2.78. The first-order valence-electron chi connectivity index (χ1n) is 6.93. The highest BCUT2D eigenvalue weighted by atomic mass is 16.6. The third-order valence-corrected chi connectivity index (χ3v) is 3.98. The molecule has 0 saturated carbocycles. The molecule has 0 spiro atoms. The van der Waals surface area contributed by atoms with Crippen molar-refractivity contribution in [1.29, 1.82) is 0 Å². The van der Waals surface area contributed by atoms with Crippen LogP contribution in [-0.2, 0) is 9.47 Å². The van der Waals surface area contributed by atoms with Crippen LogP contribution < -0.4 is 0 Å². The van der Waals surface area contributed by atoms with Gasteiger partial charge in [-0.25, -0.2) is 0 Å². The van der Waals surface area contributed by atoms with Crippen molar-refractivity contribution >= 4 is 0 Å². The average molecular weight is 268 g/mol. The van der Waals surface area contributed by atoms with Crippen molar-refractivity contribution in [3.8, 4) is 0 Å². The van der Waals surface area contributed by atoms with Crippen LogP contribution in [0.5, 0.6) is 0 Å². The average Bonchev–Trinajstić information content (AvgIpc) is 3.40. The molecule has 2 aliphatic heterocycles. The van der Waals surface area contributed by atoms with Gasteiger partial charge in [0.1, 0.15) is 30.5 Å². The van der Waals surface area contributed by atoms with Crippen LogP contribution in [-0.4, -0.2) is 23.4 Å². The molecule has 2 aromatic carbocycles. The molecule has 2 fully saturated rings. The Bertz CT molecular complexity index is 530. The highest BCUT2D eigenvalue weighted by Crippen LogP contribution is 2.49. The van der Waals surface area contributed by atoms with E-state index in [4.69, 9.17) is 9.47 Å². The molecule has 4 atom stereocenters. The Labute approximate surface area is 117 Å². The SMILES string of the molecule is OC(C1OC1c1ccccc1)C1OC1c1ccccc1. The summed E-state index contributed by atoms with van der Waals surface area (Å²) in [7, 11) is 0. The lowest BCUT2D eigenvalue weighted by Crippen LogP contribution is -2.22. The van der Waals surface area contributed by atoms with Gasteiger partial charge >= 0.3 is 0 Å². The van der Waals surface area contributed by atoms with E-state index in [2.05, 4.69) is 0 Å². The number of aliphatic hydroxyl groups excluding tert-OH is 1. The van der Waals surface area contributed by atoms with Crippen LogP contribution in [0.3, 0.4) is 0 Å². The standard InChI is InChI=1S/C17H16O3/c18-13(16-14(19-16)11-7-3-1-4-8-11)17-15(20-17)12-9-5-2-6-10-12/h1-10,13-18H. The second kappa shape index (κ2) is 4.70. The van der Waals surface area contributed by atoms with Gasteiger partial charge < -0.3 is 14.6 Å². The van der Waals surface area contributed by atoms with E-state index in [1.165, 1.54) is 0 Å². The number of rotatable bonds is 4. The molecule has 2 saturated heterocycles.